The Morgan fingerprint density at radius 3 is 2.33 bits per heavy atom. The molecular formula is C33H30N4O6. The van der Waals surface area contributed by atoms with Crippen LogP contribution in [0, 0.1) is 30.9 Å². The number of carbonyl (C=O) groups is 1. The van der Waals surface area contributed by atoms with Crippen molar-refractivity contribution in [2.75, 3.05) is 0 Å². The second-order valence-corrected chi connectivity index (χ2v) is 9.96. The van der Waals surface area contributed by atoms with Crippen LogP contribution in [0.15, 0.2) is 101 Å². The number of nitro groups is 1. The molecule has 0 spiro atoms. The summed E-state index contributed by atoms with van der Waals surface area (Å²) in [7, 11) is 0. The molecule has 0 bridgehead atoms. The number of amides is 1. The van der Waals surface area contributed by atoms with Gasteiger partial charge >= 0.3 is 11.6 Å². The summed E-state index contributed by atoms with van der Waals surface area (Å²) in [5, 5.41) is 15.5. The fourth-order valence-electron chi connectivity index (χ4n) is 4.44. The maximum absolute atomic E-state index is 12.5. The summed E-state index contributed by atoms with van der Waals surface area (Å²) in [5.41, 5.74) is 7.93. The third-order valence-electron chi connectivity index (χ3n) is 6.71. The van der Waals surface area contributed by atoms with Gasteiger partial charge < -0.3 is 18.5 Å². The van der Waals surface area contributed by atoms with Crippen molar-refractivity contribution in [3.8, 4) is 17.2 Å². The summed E-state index contributed by atoms with van der Waals surface area (Å²) >= 11 is 0. The molecular weight excluding hydrogens is 548 g/mol. The molecule has 10 heteroatoms. The third-order valence-corrected chi connectivity index (χ3v) is 6.71. The quantitative estimate of drug-likeness (QED) is 0.104. The Bertz CT molecular complexity index is 1750. The van der Waals surface area contributed by atoms with E-state index in [1.807, 2.05) is 55.5 Å². The number of nitrogens with one attached hydrogen (secondary N) is 1. The zero-order valence-corrected chi connectivity index (χ0v) is 23.9. The van der Waals surface area contributed by atoms with Gasteiger partial charge in [0.25, 0.3) is 0 Å². The molecule has 0 atom stereocenters. The molecule has 2 aromatic heterocycles. The van der Waals surface area contributed by atoms with Crippen LogP contribution in [0.1, 0.15) is 44.4 Å². The number of ether oxygens (including phenoxy) is 2. The zero-order chi connectivity index (χ0) is 30.3. The van der Waals surface area contributed by atoms with Crippen LogP contribution in [-0.4, -0.2) is 21.6 Å². The predicted octanol–water partition coefficient (Wildman–Crippen LogP) is 6.83. The van der Waals surface area contributed by atoms with E-state index in [2.05, 4.69) is 41.1 Å². The lowest BCUT2D eigenvalue weighted by Gasteiger charge is -2.10. The highest BCUT2D eigenvalue weighted by Gasteiger charge is 2.16. The summed E-state index contributed by atoms with van der Waals surface area (Å²) in [4.78, 5) is 23.6. The summed E-state index contributed by atoms with van der Waals surface area (Å²) < 4.78 is 19.2. The SMILES string of the molecule is Cc1ccc(COc2ccc(/C=N/NC(=O)c3ccc(COc4ccc(-n5c(C)ccc5C)cc4)o3)cc2[N+](=O)[O-])cc1. The second-order valence-electron chi connectivity index (χ2n) is 9.96. The molecule has 2 heterocycles. The van der Waals surface area contributed by atoms with E-state index in [-0.39, 0.29) is 30.4 Å². The molecule has 5 aromatic rings. The molecule has 43 heavy (non-hydrogen) atoms. The van der Waals surface area contributed by atoms with Crippen LogP contribution < -0.4 is 14.9 Å². The molecule has 0 radical (unpaired) electrons. The predicted molar refractivity (Wildman–Crippen MR) is 162 cm³/mol. The first-order valence-electron chi connectivity index (χ1n) is 13.5. The van der Waals surface area contributed by atoms with E-state index >= 15 is 0 Å². The van der Waals surface area contributed by atoms with Crippen molar-refractivity contribution < 1.29 is 23.6 Å². The number of aromatic nitrogens is 1. The first-order valence-corrected chi connectivity index (χ1v) is 13.5. The van der Waals surface area contributed by atoms with E-state index in [4.69, 9.17) is 13.9 Å². The third kappa shape index (κ3) is 7.17. The highest BCUT2D eigenvalue weighted by Crippen LogP contribution is 2.28. The number of carbonyl (C=O) groups excluding carboxylic acids is 1. The summed E-state index contributed by atoms with van der Waals surface area (Å²) in [6.07, 6.45) is 1.31. The Balaban J connectivity index is 1.14. The zero-order valence-electron chi connectivity index (χ0n) is 23.9. The van der Waals surface area contributed by atoms with Gasteiger partial charge in [0.2, 0.25) is 0 Å². The second kappa shape index (κ2) is 12.9. The molecule has 0 aliphatic rings. The number of furan rings is 1. The fourth-order valence-corrected chi connectivity index (χ4v) is 4.44. The van der Waals surface area contributed by atoms with Gasteiger partial charge in [0.05, 0.1) is 11.1 Å². The molecule has 0 aliphatic heterocycles. The molecule has 10 nitrogen and oxygen atoms in total. The van der Waals surface area contributed by atoms with E-state index in [9.17, 15) is 14.9 Å². The number of nitrogens with zero attached hydrogens (tertiary/aromatic N) is 3. The average molecular weight is 579 g/mol. The summed E-state index contributed by atoms with van der Waals surface area (Å²) in [6, 6.07) is 27.2. The molecule has 1 amide bonds. The van der Waals surface area contributed by atoms with Crippen LogP contribution >= 0.6 is 0 Å². The molecule has 5 rings (SSSR count). The lowest BCUT2D eigenvalue weighted by atomic mass is 10.1. The molecule has 1 N–H and O–H groups in total. The number of benzene rings is 3. The lowest BCUT2D eigenvalue weighted by Crippen LogP contribution is -2.16. The van der Waals surface area contributed by atoms with Crippen LogP contribution in [0.2, 0.25) is 0 Å². The molecule has 0 unspecified atom stereocenters. The van der Waals surface area contributed by atoms with E-state index in [0.29, 0.717) is 17.1 Å². The summed E-state index contributed by atoms with van der Waals surface area (Å²) in [5.74, 6) is 0.748. The van der Waals surface area contributed by atoms with Gasteiger partial charge in [-0.15, -0.1) is 0 Å². The highest BCUT2D eigenvalue weighted by molar-refractivity contribution is 5.92. The monoisotopic (exact) mass is 578 g/mol. The van der Waals surface area contributed by atoms with Gasteiger partial charge in [-0.25, -0.2) is 5.43 Å². The van der Waals surface area contributed by atoms with Gasteiger partial charge in [-0.1, -0.05) is 29.8 Å². The Labute approximate surface area is 248 Å². The lowest BCUT2D eigenvalue weighted by molar-refractivity contribution is -0.385. The van der Waals surface area contributed by atoms with Gasteiger partial charge in [0.15, 0.2) is 11.5 Å². The van der Waals surface area contributed by atoms with E-state index in [1.165, 1.54) is 24.4 Å². The number of nitro benzene ring substituents is 1. The van der Waals surface area contributed by atoms with Gasteiger partial charge in [0, 0.05) is 28.7 Å². The smallest absolute Gasteiger partial charge is 0.311 e. The minimum Gasteiger partial charge on any atom is -0.486 e. The van der Waals surface area contributed by atoms with E-state index in [1.54, 1.807) is 12.1 Å². The van der Waals surface area contributed by atoms with Gasteiger partial charge in [-0.2, -0.15) is 5.10 Å². The van der Waals surface area contributed by atoms with Crippen molar-refractivity contribution in [3.63, 3.8) is 0 Å². The minimum atomic E-state index is -0.572. The van der Waals surface area contributed by atoms with Crippen molar-refractivity contribution in [1.82, 2.24) is 9.99 Å². The Hall–Kier alpha value is -5.64. The normalized spacial score (nSPS) is 11.0. The standard InChI is InChI=1S/C33H30N4O6/c1-22-4-8-25(9-5-22)20-42-31-16-10-26(18-30(31)37(39)40)19-34-35-33(38)32-17-15-29(43-32)21-41-28-13-11-27(12-14-28)36-23(2)6-7-24(36)3/h4-19H,20-21H2,1-3H3,(H,35,38)/b34-19+. The van der Waals surface area contributed by atoms with Crippen molar-refractivity contribution in [2.45, 2.75) is 34.0 Å². The van der Waals surface area contributed by atoms with Crippen LogP contribution in [0.3, 0.4) is 0 Å². The maximum atomic E-state index is 12.5. The number of hydrazone groups is 1. The Morgan fingerprint density at radius 1 is 0.907 bits per heavy atom. The van der Waals surface area contributed by atoms with E-state index < -0.39 is 10.8 Å². The van der Waals surface area contributed by atoms with Gasteiger partial charge in [0.1, 0.15) is 24.7 Å². The molecule has 0 saturated heterocycles. The van der Waals surface area contributed by atoms with Crippen molar-refractivity contribution in [1.29, 1.82) is 0 Å². The number of rotatable bonds is 11. The first-order chi connectivity index (χ1) is 20.8. The van der Waals surface area contributed by atoms with Gasteiger partial charge in [-0.3, -0.25) is 14.9 Å². The highest BCUT2D eigenvalue weighted by atomic mass is 16.6. The average Bonchev–Trinajstić information content (AvgIpc) is 3.62. The molecule has 218 valence electrons. The molecule has 0 saturated carbocycles. The van der Waals surface area contributed by atoms with Gasteiger partial charge in [-0.05, 0) is 87.0 Å². The fraction of sp³-hybridized carbons (Fsp3) is 0.152. The molecule has 0 aliphatic carbocycles. The van der Waals surface area contributed by atoms with Crippen LogP contribution in [0.4, 0.5) is 5.69 Å². The van der Waals surface area contributed by atoms with Crippen LogP contribution in [-0.2, 0) is 13.2 Å². The number of aryl methyl sites for hydroxylation is 3. The topological polar surface area (TPSA) is 121 Å². The Kier molecular flexibility index (Phi) is 8.66. The number of hydrogen-bond acceptors (Lipinski definition) is 7. The molecule has 3 aromatic carbocycles. The Morgan fingerprint density at radius 2 is 1.63 bits per heavy atom. The minimum absolute atomic E-state index is 0.0514. The number of hydrogen-bond donors (Lipinski definition) is 1. The van der Waals surface area contributed by atoms with Crippen molar-refractivity contribution >= 4 is 17.8 Å². The van der Waals surface area contributed by atoms with Crippen LogP contribution in [0.5, 0.6) is 11.5 Å². The van der Waals surface area contributed by atoms with E-state index in [0.717, 1.165) is 28.2 Å². The van der Waals surface area contributed by atoms with Crippen molar-refractivity contribution in [3.05, 3.63) is 141 Å². The van der Waals surface area contributed by atoms with Crippen molar-refractivity contribution in [2.24, 2.45) is 5.10 Å². The summed E-state index contributed by atoms with van der Waals surface area (Å²) in [6.45, 7) is 6.43. The molecule has 0 fully saturated rings. The maximum Gasteiger partial charge on any atom is 0.311 e. The largest absolute Gasteiger partial charge is 0.486 e. The first kappa shape index (κ1) is 28.9. The van der Waals surface area contributed by atoms with Crippen LogP contribution in [0.25, 0.3) is 5.69 Å².